The SMILES string of the molecule is Cc1cc(NC(=O)C(C)(N)c2ccccc2)ccc1C(=O)NC(C)C.Cl. The maximum Gasteiger partial charge on any atom is 0.251 e. The lowest BCUT2D eigenvalue weighted by atomic mass is 9.92. The molecule has 0 heterocycles. The molecule has 1 atom stereocenters. The molecule has 4 N–H and O–H groups in total. The van der Waals surface area contributed by atoms with Crippen LogP contribution in [0.5, 0.6) is 0 Å². The fraction of sp³-hybridized carbons (Fsp3) is 0.300. The highest BCUT2D eigenvalue weighted by Gasteiger charge is 2.30. The number of nitrogens with two attached hydrogens (primary N) is 1. The van der Waals surface area contributed by atoms with Crippen LogP contribution in [0.2, 0.25) is 0 Å². The predicted molar refractivity (Wildman–Crippen MR) is 108 cm³/mol. The average molecular weight is 376 g/mol. The molecule has 0 saturated heterocycles. The van der Waals surface area contributed by atoms with Crippen LogP contribution in [0.25, 0.3) is 0 Å². The molecule has 0 aliphatic heterocycles. The third-order valence-electron chi connectivity index (χ3n) is 3.99. The van der Waals surface area contributed by atoms with Crippen molar-refractivity contribution in [2.75, 3.05) is 5.32 Å². The molecule has 5 nitrogen and oxygen atoms in total. The number of nitrogens with one attached hydrogen (secondary N) is 2. The summed E-state index contributed by atoms with van der Waals surface area (Å²) >= 11 is 0. The molecule has 0 radical (unpaired) electrons. The molecule has 2 amide bonds. The maximum absolute atomic E-state index is 12.6. The first-order chi connectivity index (χ1) is 11.7. The monoisotopic (exact) mass is 375 g/mol. The van der Waals surface area contributed by atoms with E-state index >= 15 is 0 Å². The normalized spacial score (nSPS) is 12.7. The summed E-state index contributed by atoms with van der Waals surface area (Å²) in [4.78, 5) is 24.7. The second-order valence-electron chi connectivity index (χ2n) is 6.68. The van der Waals surface area contributed by atoms with Crippen molar-refractivity contribution in [2.45, 2.75) is 39.3 Å². The molecule has 2 rings (SSSR count). The van der Waals surface area contributed by atoms with Crippen molar-refractivity contribution in [2.24, 2.45) is 5.73 Å². The quantitative estimate of drug-likeness (QED) is 0.749. The Morgan fingerprint density at radius 2 is 1.69 bits per heavy atom. The predicted octanol–water partition coefficient (Wildman–Crippen LogP) is 3.37. The minimum Gasteiger partial charge on any atom is -0.350 e. The van der Waals surface area contributed by atoms with E-state index in [-0.39, 0.29) is 30.3 Å². The Balaban J connectivity index is 0.00000338. The van der Waals surface area contributed by atoms with Gasteiger partial charge in [-0.15, -0.1) is 12.4 Å². The maximum atomic E-state index is 12.6. The van der Waals surface area contributed by atoms with E-state index in [0.717, 1.165) is 11.1 Å². The molecule has 2 aromatic carbocycles. The zero-order valence-corrected chi connectivity index (χ0v) is 16.3. The van der Waals surface area contributed by atoms with Gasteiger partial charge in [-0.05, 0) is 57.0 Å². The van der Waals surface area contributed by atoms with E-state index in [2.05, 4.69) is 10.6 Å². The summed E-state index contributed by atoms with van der Waals surface area (Å²) in [7, 11) is 0. The summed E-state index contributed by atoms with van der Waals surface area (Å²) < 4.78 is 0. The average Bonchev–Trinajstić information content (AvgIpc) is 2.55. The van der Waals surface area contributed by atoms with Gasteiger partial charge in [0.1, 0.15) is 5.54 Å². The first kappa shape index (κ1) is 21.7. The van der Waals surface area contributed by atoms with Gasteiger partial charge >= 0.3 is 0 Å². The van der Waals surface area contributed by atoms with Crippen molar-refractivity contribution in [3.8, 4) is 0 Å². The number of benzene rings is 2. The van der Waals surface area contributed by atoms with Crippen molar-refractivity contribution >= 4 is 29.9 Å². The highest BCUT2D eigenvalue weighted by Crippen LogP contribution is 2.21. The molecule has 1 unspecified atom stereocenters. The lowest BCUT2D eigenvalue weighted by Crippen LogP contribution is -2.45. The van der Waals surface area contributed by atoms with Crippen molar-refractivity contribution < 1.29 is 9.59 Å². The van der Waals surface area contributed by atoms with Crippen LogP contribution >= 0.6 is 12.4 Å². The van der Waals surface area contributed by atoms with Crippen LogP contribution < -0.4 is 16.4 Å². The highest BCUT2D eigenvalue weighted by molar-refractivity contribution is 6.00. The number of anilines is 1. The number of carbonyl (C=O) groups excluding carboxylic acids is 2. The Morgan fingerprint density at radius 1 is 1.08 bits per heavy atom. The molecule has 0 aliphatic carbocycles. The number of halogens is 1. The summed E-state index contributed by atoms with van der Waals surface area (Å²) in [6.07, 6.45) is 0. The summed E-state index contributed by atoms with van der Waals surface area (Å²) in [6, 6.07) is 14.5. The van der Waals surface area contributed by atoms with Gasteiger partial charge in [-0.25, -0.2) is 0 Å². The second-order valence-corrected chi connectivity index (χ2v) is 6.68. The molecule has 0 bridgehead atoms. The standard InChI is InChI=1S/C20H25N3O2.ClH/c1-13(2)22-18(24)17-11-10-16(12-14(17)3)23-19(25)20(4,21)15-8-6-5-7-9-15;/h5-13H,21H2,1-4H3,(H,22,24)(H,23,25);1H. The van der Waals surface area contributed by atoms with E-state index in [0.29, 0.717) is 11.3 Å². The lowest BCUT2D eigenvalue weighted by Gasteiger charge is -2.24. The Hall–Kier alpha value is -2.37. The van der Waals surface area contributed by atoms with Gasteiger partial charge < -0.3 is 16.4 Å². The summed E-state index contributed by atoms with van der Waals surface area (Å²) in [5, 5.41) is 5.69. The van der Waals surface area contributed by atoms with E-state index in [1.54, 1.807) is 25.1 Å². The Bertz CT molecular complexity index is 774. The Kier molecular flexibility index (Phi) is 7.36. The smallest absolute Gasteiger partial charge is 0.251 e. The minimum atomic E-state index is -1.15. The number of carbonyl (C=O) groups is 2. The van der Waals surface area contributed by atoms with Gasteiger partial charge in [0.05, 0.1) is 0 Å². The number of hydrogen-bond acceptors (Lipinski definition) is 3. The number of rotatable bonds is 5. The first-order valence-corrected chi connectivity index (χ1v) is 8.29. The van der Waals surface area contributed by atoms with Gasteiger partial charge in [-0.2, -0.15) is 0 Å². The van der Waals surface area contributed by atoms with Gasteiger partial charge in [0, 0.05) is 17.3 Å². The van der Waals surface area contributed by atoms with E-state index in [9.17, 15) is 9.59 Å². The molecule has 0 aromatic heterocycles. The molecule has 0 fully saturated rings. The lowest BCUT2D eigenvalue weighted by molar-refractivity contribution is -0.120. The Labute approximate surface area is 160 Å². The van der Waals surface area contributed by atoms with Gasteiger partial charge in [-0.3, -0.25) is 9.59 Å². The largest absolute Gasteiger partial charge is 0.350 e. The molecule has 0 aliphatic rings. The molecular formula is C20H26ClN3O2. The molecule has 26 heavy (non-hydrogen) atoms. The number of aryl methyl sites for hydroxylation is 1. The molecule has 0 saturated carbocycles. The van der Waals surface area contributed by atoms with Crippen molar-refractivity contribution in [1.29, 1.82) is 0 Å². The molecule has 0 spiro atoms. The van der Waals surface area contributed by atoms with Crippen LogP contribution in [-0.4, -0.2) is 17.9 Å². The zero-order chi connectivity index (χ0) is 18.6. The van der Waals surface area contributed by atoms with Crippen LogP contribution in [0.1, 0.15) is 42.3 Å². The van der Waals surface area contributed by atoms with Gasteiger partial charge in [0.25, 0.3) is 5.91 Å². The van der Waals surface area contributed by atoms with Crippen molar-refractivity contribution in [1.82, 2.24) is 5.32 Å². The van der Waals surface area contributed by atoms with E-state index < -0.39 is 5.54 Å². The van der Waals surface area contributed by atoms with Gasteiger partial charge in [0.2, 0.25) is 5.91 Å². The van der Waals surface area contributed by atoms with Crippen LogP contribution in [0.4, 0.5) is 5.69 Å². The third kappa shape index (κ3) is 5.07. The van der Waals surface area contributed by atoms with Gasteiger partial charge in [0.15, 0.2) is 0 Å². The van der Waals surface area contributed by atoms with Crippen molar-refractivity contribution in [3.05, 3.63) is 65.2 Å². The summed E-state index contributed by atoms with van der Waals surface area (Å²) in [5.41, 5.74) is 7.79. The van der Waals surface area contributed by atoms with Crippen LogP contribution in [0, 0.1) is 6.92 Å². The van der Waals surface area contributed by atoms with Crippen LogP contribution in [-0.2, 0) is 10.3 Å². The van der Waals surface area contributed by atoms with E-state index in [1.807, 2.05) is 51.1 Å². The number of amides is 2. The highest BCUT2D eigenvalue weighted by atomic mass is 35.5. The van der Waals surface area contributed by atoms with E-state index in [4.69, 9.17) is 5.73 Å². The first-order valence-electron chi connectivity index (χ1n) is 8.29. The molecule has 6 heteroatoms. The minimum absolute atomic E-state index is 0. The van der Waals surface area contributed by atoms with Gasteiger partial charge in [-0.1, -0.05) is 30.3 Å². The molecule has 140 valence electrons. The third-order valence-corrected chi connectivity index (χ3v) is 3.99. The second kappa shape index (κ2) is 8.83. The van der Waals surface area contributed by atoms with E-state index in [1.165, 1.54) is 0 Å². The van der Waals surface area contributed by atoms with Crippen LogP contribution in [0.3, 0.4) is 0 Å². The molecule has 2 aromatic rings. The topological polar surface area (TPSA) is 84.2 Å². The van der Waals surface area contributed by atoms with Crippen molar-refractivity contribution in [3.63, 3.8) is 0 Å². The number of hydrogen-bond donors (Lipinski definition) is 3. The summed E-state index contributed by atoms with van der Waals surface area (Å²) in [6.45, 7) is 7.33. The fourth-order valence-corrected chi connectivity index (χ4v) is 2.51. The summed E-state index contributed by atoms with van der Waals surface area (Å²) in [5.74, 6) is -0.434. The van der Waals surface area contributed by atoms with Crippen LogP contribution in [0.15, 0.2) is 48.5 Å². The Morgan fingerprint density at radius 3 is 2.23 bits per heavy atom. The fourth-order valence-electron chi connectivity index (χ4n) is 2.51. The zero-order valence-electron chi connectivity index (χ0n) is 15.5. The molecular weight excluding hydrogens is 350 g/mol.